The number of piperazine rings is 1. The van der Waals surface area contributed by atoms with Crippen molar-refractivity contribution in [1.82, 2.24) is 14.9 Å². The summed E-state index contributed by atoms with van der Waals surface area (Å²) in [4.78, 5) is 12.7. The fourth-order valence-corrected chi connectivity index (χ4v) is 3.38. The molecule has 28 heavy (non-hydrogen) atoms. The summed E-state index contributed by atoms with van der Waals surface area (Å²) in [6.07, 6.45) is 4.37. The van der Waals surface area contributed by atoms with Crippen LogP contribution in [0.4, 0.5) is 5.95 Å². The Morgan fingerprint density at radius 2 is 1.79 bits per heavy atom. The smallest absolute Gasteiger partial charge is 0.233 e. The number of rotatable bonds is 5. The second-order valence-corrected chi connectivity index (χ2v) is 8.37. The Morgan fingerprint density at radius 3 is 2.32 bits per heavy atom. The molecular weight excluding hydrogens is 384 g/mol. The fraction of sp³-hybridized carbons (Fsp3) is 0.353. The Bertz CT molecular complexity index is 923. The van der Waals surface area contributed by atoms with Gasteiger partial charge in [-0.15, -0.1) is 0 Å². The zero-order valence-corrected chi connectivity index (χ0v) is 16.2. The quantitative estimate of drug-likeness (QED) is 0.311. The van der Waals surface area contributed by atoms with Crippen LogP contribution in [0.25, 0.3) is 0 Å². The molecule has 0 radical (unpaired) electrons. The van der Waals surface area contributed by atoms with Crippen molar-refractivity contribution < 1.29 is 18.4 Å². The minimum Gasteiger partial charge on any atom is -0.486 e. The molecular formula is C17H22N6O4S. The zero-order valence-electron chi connectivity index (χ0n) is 15.4. The molecule has 1 aliphatic heterocycles. The van der Waals surface area contributed by atoms with Gasteiger partial charge < -0.3 is 25.5 Å². The third kappa shape index (κ3) is 4.80. The van der Waals surface area contributed by atoms with Crippen LogP contribution in [0.2, 0.25) is 0 Å². The van der Waals surface area contributed by atoms with Gasteiger partial charge in [0.2, 0.25) is 11.9 Å². The van der Waals surface area contributed by atoms with Gasteiger partial charge in [-0.05, 0) is 17.7 Å². The number of guanidine groups is 1. The second-order valence-electron chi connectivity index (χ2n) is 6.36. The van der Waals surface area contributed by atoms with Crippen LogP contribution in [0.15, 0.2) is 46.7 Å². The lowest BCUT2D eigenvalue weighted by atomic mass is 10.2. The fourth-order valence-electron chi connectivity index (χ4n) is 2.75. The van der Waals surface area contributed by atoms with Crippen LogP contribution < -0.4 is 15.4 Å². The lowest BCUT2D eigenvalue weighted by molar-refractivity contribution is 0.292. The van der Waals surface area contributed by atoms with Crippen LogP contribution >= 0.6 is 0 Å². The van der Waals surface area contributed by atoms with E-state index in [0.29, 0.717) is 37.9 Å². The van der Waals surface area contributed by atoms with Gasteiger partial charge in [0.1, 0.15) is 6.61 Å². The molecule has 0 spiro atoms. The molecule has 0 amide bonds. The number of nitrogens with zero attached hydrogens (tertiary/aromatic N) is 5. The Balaban J connectivity index is 1.54. The van der Waals surface area contributed by atoms with Gasteiger partial charge in [0, 0.05) is 32.4 Å². The first-order valence-corrected chi connectivity index (χ1v) is 10.5. The summed E-state index contributed by atoms with van der Waals surface area (Å²) in [6, 6.07) is 6.54. The lowest BCUT2D eigenvalue weighted by Gasteiger charge is -2.34. The lowest BCUT2D eigenvalue weighted by Crippen LogP contribution is -2.51. The number of benzene rings is 1. The van der Waals surface area contributed by atoms with E-state index in [4.69, 9.17) is 15.7 Å². The Hall–Kier alpha value is -3.08. The molecule has 2 aromatic rings. The first-order valence-electron chi connectivity index (χ1n) is 8.58. The number of aromatic nitrogens is 2. The summed E-state index contributed by atoms with van der Waals surface area (Å²) in [5.41, 5.74) is 6.44. The van der Waals surface area contributed by atoms with E-state index in [1.54, 1.807) is 41.6 Å². The predicted molar refractivity (Wildman–Crippen MR) is 103 cm³/mol. The van der Waals surface area contributed by atoms with E-state index in [9.17, 15) is 8.42 Å². The van der Waals surface area contributed by atoms with Crippen LogP contribution in [0.5, 0.6) is 5.75 Å². The van der Waals surface area contributed by atoms with Gasteiger partial charge in [0.15, 0.2) is 15.6 Å². The van der Waals surface area contributed by atoms with E-state index >= 15 is 0 Å². The number of hydrogen-bond donors (Lipinski definition) is 2. The predicted octanol–water partition coefficient (Wildman–Crippen LogP) is 0.285. The Kier molecular flexibility index (Phi) is 5.83. The number of nitrogens with two attached hydrogens (primary N) is 1. The molecule has 1 aromatic heterocycles. The molecule has 1 saturated heterocycles. The first kappa shape index (κ1) is 19.7. The van der Waals surface area contributed by atoms with Crippen molar-refractivity contribution in [2.24, 2.45) is 10.9 Å². The third-order valence-corrected chi connectivity index (χ3v) is 5.49. The van der Waals surface area contributed by atoms with Crippen LogP contribution in [-0.2, 0) is 16.4 Å². The molecule has 0 unspecified atom stereocenters. The Labute approximate surface area is 163 Å². The zero-order chi connectivity index (χ0) is 20.1. The maximum Gasteiger partial charge on any atom is 0.233 e. The van der Waals surface area contributed by atoms with Crippen LogP contribution in [0, 0.1) is 0 Å². The number of oxime groups is 1. The summed E-state index contributed by atoms with van der Waals surface area (Å²) >= 11 is 0. The normalized spacial score (nSPS) is 15.5. The number of anilines is 1. The highest BCUT2D eigenvalue weighted by atomic mass is 32.2. The number of ether oxygens (including phenoxy) is 1. The van der Waals surface area contributed by atoms with Crippen molar-refractivity contribution in [2.45, 2.75) is 11.5 Å². The molecule has 1 aromatic carbocycles. The summed E-state index contributed by atoms with van der Waals surface area (Å²) in [5.74, 6) is 1.21. The van der Waals surface area contributed by atoms with E-state index < -0.39 is 9.84 Å². The Morgan fingerprint density at radius 1 is 1.18 bits per heavy atom. The minimum atomic E-state index is -3.21. The molecule has 0 saturated carbocycles. The maximum atomic E-state index is 11.5. The van der Waals surface area contributed by atoms with Crippen molar-refractivity contribution in [3.8, 4) is 5.75 Å². The molecule has 3 rings (SSSR count). The highest BCUT2D eigenvalue weighted by Crippen LogP contribution is 2.16. The maximum absolute atomic E-state index is 11.5. The van der Waals surface area contributed by atoms with E-state index in [0.717, 1.165) is 5.56 Å². The van der Waals surface area contributed by atoms with E-state index in [2.05, 4.69) is 15.1 Å². The highest BCUT2D eigenvalue weighted by molar-refractivity contribution is 7.90. The van der Waals surface area contributed by atoms with Gasteiger partial charge in [0.25, 0.3) is 0 Å². The third-order valence-electron chi connectivity index (χ3n) is 4.36. The largest absolute Gasteiger partial charge is 0.486 e. The topological polar surface area (TPSA) is 134 Å². The molecule has 1 fully saturated rings. The SMILES string of the molecule is CS(=O)(=O)c1ccc(COc2cnc(N3CCN(/C(N)=N/O)CC3)nc2)cc1. The standard InChI is InChI=1S/C17H22N6O4S/c1-28(25,26)15-4-2-13(3-5-15)12-27-14-10-19-17(20-11-14)23-8-6-22(7-9-23)16(18)21-24/h2-5,10-11,24H,6-9,12H2,1H3,(H2,18,21). The highest BCUT2D eigenvalue weighted by Gasteiger charge is 2.20. The first-order chi connectivity index (χ1) is 13.4. The van der Waals surface area contributed by atoms with Crippen molar-refractivity contribution in [1.29, 1.82) is 0 Å². The summed E-state index contributed by atoms with van der Waals surface area (Å²) in [7, 11) is -3.21. The average Bonchev–Trinajstić information content (AvgIpc) is 2.72. The van der Waals surface area contributed by atoms with Gasteiger partial charge in [-0.25, -0.2) is 18.4 Å². The van der Waals surface area contributed by atoms with Gasteiger partial charge in [-0.3, -0.25) is 0 Å². The molecule has 1 aliphatic rings. The summed E-state index contributed by atoms with van der Waals surface area (Å²) in [6.45, 7) is 2.82. The number of hydrogen-bond acceptors (Lipinski definition) is 8. The molecule has 0 bridgehead atoms. The van der Waals surface area contributed by atoms with E-state index in [1.165, 1.54) is 6.26 Å². The number of sulfone groups is 1. The van der Waals surface area contributed by atoms with Gasteiger partial charge in [0.05, 0.1) is 17.3 Å². The van der Waals surface area contributed by atoms with Crippen molar-refractivity contribution in [3.63, 3.8) is 0 Å². The van der Waals surface area contributed by atoms with Gasteiger partial charge >= 0.3 is 0 Å². The molecule has 3 N–H and O–H groups in total. The van der Waals surface area contributed by atoms with Crippen molar-refractivity contribution >= 4 is 21.7 Å². The van der Waals surface area contributed by atoms with Crippen LogP contribution in [-0.4, -0.2) is 66.9 Å². The molecule has 0 aliphatic carbocycles. The minimum absolute atomic E-state index is 0.105. The van der Waals surface area contributed by atoms with Gasteiger partial charge in [-0.2, -0.15) is 0 Å². The van der Waals surface area contributed by atoms with Crippen molar-refractivity contribution in [2.75, 3.05) is 37.3 Å². The summed E-state index contributed by atoms with van der Waals surface area (Å²) < 4.78 is 28.6. The summed E-state index contributed by atoms with van der Waals surface area (Å²) in [5, 5.41) is 11.7. The second kappa shape index (κ2) is 8.30. The van der Waals surface area contributed by atoms with Crippen LogP contribution in [0.3, 0.4) is 0 Å². The molecule has 0 atom stereocenters. The van der Waals surface area contributed by atoms with Crippen molar-refractivity contribution in [3.05, 3.63) is 42.2 Å². The molecule has 11 heteroatoms. The van der Waals surface area contributed by atoms with Gasteiger partial charge in [-0.1, -0.05) is 17.3 Å². The van der Waals surface area contributed by atoms with E-state index in [1.807, 2.05) is 4.90 Å². The van der Waals surface area contributed by atoms with Crippen LogP contribution in [0.1, 0.15) is 5.56 Å². The average molecular weight is 406 g/mol. The molecule has 2 heterocycles. The molecule has 150 valence electrons. The molecule has 10 nitrogen and oxygen atoms in total. The van der Waals surface area contributed by atoms with E-state index in [-0.39, 0.29) is 17.5 Å². The monoisotopic (exact) mass is 406 g/mol.